The molecule has 2 rings (SSSR count). The van der Waals surface area contributed by atoms with Crippen LogP contribution in [0, 0.1) is 5.92 Å². The summed E-state index contributed by atoms with van der Waals surface area (Å²) in [6.45, 7) is 2.17. The number of aliphatic hydroxyl groups excluding tert-OH is 1. The predicted octanol–water partition coefficient (Wildman–Crippen LogP) is 1.60. The minimum Gasteiger partial charge on any atom is -0.469 e. The fourth-order valence-electron chi connectivity index (χ4n) is 2.61. The number of esters is 1. The normalized spacial score (nSPS) is 21.9. The van der Waals surface area contributed by atoms with Gasteiger partial charge in [0.15, 0.2) is 0 Å². The van der Waals surface area contributed by atoms with Crippen LogP contribution in [0.3, 0.4) is 0 Å². The monoisotopic (exact) mass is 263 g/mol. The zero-order valence-electron chi connectivity index (χ0n) is 11.3. The van der Waals surface area contributed by atoms with Crippen LogP contribution in [0.1, 0.15) is 24.5 Å². The van der Waals surface area contributed by atoms with Crippen LogP contribution in [-0.2, 0) is 9.53 Å². The molecule has 1 aliphatic heterocycles. The lowest BCUT2D eigenvalue weighted by atomic mass is 9.97. The number of benzene rings is 1. The van der Waals surface area contributed by atoms with E-state index in [1.807, 2.05) is 30.3 Å². The highest BCUT2D eigenvalue weighted by molar-refractivity contribution is 5.72. The van der Waals surface area contributed by atoms with E-state index in [1.165, 1.54) is 7.11 Å². The maximum atomic E-state index is 11.6. The third kappa shape index (κ3) is 3.78. The van der Waals surface area contributed by atoms with Gasteiger partial charge in [-0.1, -0.05) is 30.3 Å². The average molecular weight is 263 g/mol. The Kier molecular flexibility index (Phi) is 4.93. The lowest BCUT2D eigenvalue weighted by Crippen LogP contribution is -2.41. The number of hydrogen-bond acceptors (Lipinski definition) is 4. The van der Waals surface area contributed by atoms with Gasteiger partial charge in [0, 0.05) is 13.1 Å². The molecule has 2 unspecified atom stereocenters. The van der Waals surface area contributed by atoms with Gasteiger partial charge in [0.1, 0.15) is 0 Å². The lowest BCUT2D eigenvalue weighted by Gasteiger charge is -2.32. The van der Waals surface area contributed by atoms with E-state index < -0.39 is 6.10 Å². The average Bonchev–Trinajstić information content (AvgIpc) is 2.47. The Morgan fingerprint density at radius 3 is 2.89 bits per heavy atom. The first-order chi connectivity index (χ1) is 9.20. The molecule has 4 heteroatoms. The Bertz CT molecular complexity index is 407. The van der Waals surface area contributed by atoms with E-state index in [2.05, 4.69) is 4.90 Å². The van der Waals surface area contributed by atoms with Crippen molar-refractivity contribution in [2.24, 2.45) is 5.92 Å². The fraction of sp³-hybridized carbons (Fsp3) is 0.533. The third-order valence-corrected chi connectivity index (χ3v) is 3.66. The molecular formula is C15H21NO3. The third-order valence-electron chi connectivity index (χ3n) is 3.66. The van der Waals surface area contributed by atoms with Crippen LogP contribution in [0.5, 0.6) is 0 Å². The first kappa shape index (κ1) is 14.0. The molecule has 4 nitrogen and oxygen atoms in total. The summed E-state index contributed by atoms with van der Waals surface area (Å²) < 4.78 is 4.80. The van der Waals surface area contributed by atoms with Crippen molar-refractivity contribution in [1.82, 2.24) is 4.90 Å². The van der Waals surface area contributed by atoms with Gasteiger partial charge in [0.2, 0.25) is 0 Å². The lowest BCUT2D eigenvalue weighted by molar-refractivity contribution is -0.147. The molecule has 104 valence electrons. The summed E-state index contributed by atoms with van der Waals surface area (Å²) in [5.41, 5.74) is 0.919. The Morgan fingerprint density at radius 1 is 1.47 bits per heavy atom. The van der Waals surface area contributed by atoms with Gasteiger partial charge in [-0.15, -0.1) is 0 Å². The Hall–Kier alpha value is -1.39. The summed E-state index contributed by atoms with van der Waals surface area (Å²) in [5.74, 6) is -0.194. The fourth-order valence-corrected chi connectivity index (χ4v) is 2.61. The van der Waals surface area contributed by atoms with Crippen molar-refractivity contribution < 1.29 is 14.6 Å². The van der Waals surface area contributed by atoms with E-state index in [0.29, 0.717) is 13.1 Å². The van der Waals surface area contributed by atoms with Gasteiger partial charge in [-0.2, -0.15) is 0 Å². The highest BCUT2D eigenvalue weighted by Crippen LogP contribution is 2.21. The highest BCUT2D eigenvalue weighted by Gasteiger charge is 2.27. The molecule has 1 aromatic rings. The SMILES string of the molecule is COC(=O)C1CCCN(CC(O)c2ccccc2)C1. The van der Waals surface area contributed by atoms with Crippen molar-refractivity contribution in [3.8, 4) is 0 Å². The number of nitrogens with zero attached hydrogens (tertiary/aromatic N) is 1. The Balaban J connectivity index is 1.90. The van der Waals surface area contributed by atoms with E-state index in [0.717, 1.165) is 24.9 Å². The number of piperidine rings is 1. The van der Waals surface area contributed by atoms with Crippen LogP contribution in [0.4, 0.5) is 0 Å². The summed E-state index contributed by atoms with van der Waals surface area (Å²) in [5, 5.41) is 10.2. The first-order valence-electron chi connectivity index (χ1n) is 6.74. The van der Waals surface area contributed by atoms with Crippen LogP contribution in [0.25, 0.3) is 0 Å². The number of ether oxygens (including phenoxy) is 1. The van der Waals surface area contributed by atoms with E-state index >= 15 is 0 Å². The molecule has 1 N–H and O–H groups in total. The summed E-state index contributed by atoms with van der Waals surface area (Å²) in [6, 6.07) is 9.63. The van der Waals surface area contributed by atoms with Gasteiger partial charge in [0.05, 0.1) is 19.1 Å². The quantitative estimate of drug-likeness (QED) is 0.838. The summed E-state index contributed by atoms with van der Waals surface area (Å²) in [4.78, 5) is 13.7. The number of aliphatic hydroxyl groups is 1. The smallest absolute Gasteiger partial charge is 0.309 e. The minimum atomic E-state index is -0.502. The van der Waals surface area contributed by atoms with E-state index in [1.54, 1.807) is 0 Å². The molecular weight excluding hydrogens is 242 g/mol. The van der Waals surface area contributed by atoms with Crippen LogP contribution in [0.15, 0.2) is 30.3 Å². The van der Waals surface area contributed by atoms with Gasteiger partial charge >= 0.3 is 5.97 Å². The van der Waals surface area contributed by atoms with E-state index in [4.69, 9.17) is 4.74 Å². The van der Waals surface area contributed by atoms with Crippen molar-refractivity contribution in [2.45, 2.75) is 18.9 Å². The summed E-state index contributed by atoms with van der Waals surface area (Å²) >= 11 is 0. The van der Waals surface area contributed by atoms with Gasteiger partial charge in [-0.25, -0.2) is 0 Å². The molecule has 1 aromatic carbocycles. The van der Waals surface area contributed by atoms with Gasteiger partial charge in [0.25, 0.3) is 0 Å². The Morgan fingerprint density at radius 2 is 2.21 bits per heavy atom. The number of hydrogen-bond donors (Lipinski definition) is 1. The first-order valence-corrected chi connectivity index (χ1v) is 6.74. The molecule has 1 aliphatic rings. The molecule has 0 saturated carbocycles. The van der Waals surface area contributed by atoms with Crippen LogP contribution >= 0.6 is 0 Å². The number of β-amino-alcohol motifs (C(OH)–C–C–N with tert-alkyl or cyclic N) is 1. The molecule has 0 spiro atoms. The second kappa shape index (κ2) is 6.68. The van der Waals surface area contributed by atoms with E-state index in [-0.39, 0.29) is 11.9 Å². The maximum absolute atomic E-state index is 11.6. The number of likely N-dealkylation sites (tertiary alicyclic amines) is 1. The van der Waals surface area contributed by atoms with Crippen LogP contribution in [-0.4, -0.2) is 42.7 Å². The number of methoxy groups -OCH3 is 1. The maximum Gasteiger partial charge on any atom is 0.309 e. The molecule has 0 amide bonds. The number of carbonyl (C=O) groups is 1. The second-order valence-electron chi connectivity index (χ2n) is 5.05. The van der Waals surface area contributed by atoms with Gasteiger partial charge in [-0.3, -0.25) is 9.69 Å². The molecule has 1 fully saturated rings. The largest absolute Gasteiger partial charge is 0.469 e. The molecule has 0 bridgehead atoms. The van der Waals surface area contributed by atoms with Gasteiger partial charge < -0.3 is 9.84 Å². The number of carbonyl (C=O) groups excluding carboxylic acids is 1. The zero-order valence-corrected chi connectivity index (χ0v) is 11.3. The van der Waals surface area contributed by atoms with E-state index in [9.17, 15) is 9.90 Å². The van der Waals surface area contributed by atoms with Gasteiger partial charge in [-0.05, 0) is 24.9 Å². The van der Waals surface area contributed by atoms with Crippen LogP contribution < -0.4 is 0 Å². The molecule has 0 radical (unpaired) electrons. The van der Waals surface area contributed by atoms with Crippen LogP contribution in [0.2, 0.25) is 0 Å². The Labute approximate surface area is 114 Å². The summed E-state index contributed by atoms with van der Waals surface area (Å²) in [6.07, 6.45) is 1.35. The highest BCUT2D eigenvalue weighted by atomic mass is 16.5. The van der Waals surface area contributed by atoms with Crippen molar-refractivity contribution in [3.05, 3.63) is 35.9 Å². The molecule has 0 aliphatic carbocycles. The van der Waals surface area contributed by atoms with Crippen molar-refractivity contribution in [3.63, 3.8) is 0 Å². The molecule has 1 heterocycles. The topological polar surface area (TPSA) is 49.8 Å². The van der Waals surface area contributed by atoms with Crippen molar-refractivity contribution >= 4 is 5.97 Å². The van der Waals surface area contributed by atoms with Crippen molar-refractivity contribution in [1.29, 1.82) is 0 Å². The minimum absolute atomic E-state index is 0.0540. The molecule has 2 atom stereocenters. The molecule has 19 heavy (non-hydrogen) atoms. The summed E-state index contributed by atoms with van der Waals surface area (Å²) in [7, 11) is 1.43. The molecule has 0 aromatic heterocycles. The zero-order chi connectivity index (χ0) is 13.7. The second-order valence-corrected chi connectivity index (χ2v) is 5.05. The predicted molar refractivity (Wildman–Crippen MR) is 72.6 cm³/mol. The van der Waals surface area contributed by atoms with Crippen molar-refractivity contribution in [2.75, 3.05) is 26.7 Å². The standard InChI is InChI=1S/C15H21NO3/c1-19-15(18)13-8-5-9-16(10-13)11-14(17)12-6-3-2-4-7-12/h2-4,6-7,13-14,17H,5,8-11H2,1H3. The number of rotatable bonds is 4. The molecule has 1 saturated heterocycles.